The normalized spacial score (nSPS) is 22.7. The van der Waals surface area contributed by atoms with Crippen molar-refractivity contribution < 1.29 is 4.79 Å². The van der Waals surface area contributed by atoms with Gasteiger partial charge in [-0.05, 0) is 45.7 Å². The Balaban J connectivity index is 1.53. The van der Waals surface area contributed by atoms with Gasteiger partial charge in [0.15, 0.2) is 0 Å². The van der Waals surface area contributed by atoms with E-state index in [-0.39, 0.29) is 5.91 Å². The van der Waals surface area contributed by atoms with E-state index in [1.54, 1.807) is 10.9 Å². The van der Waals surface area contributed by atoms with Crippen molar-refractivity contribution in [1.29, 1.82) is 0 Å². The largest absolute Gasteiger partial charge is 0.337 e. The molecule has 2 saturated heterocycles. The molecule has 1 atom stereocenters. The van der Waals surface area contributed by atoms with Gasteiger partial charge in [-0.1, -0.05) is 0 Å². The Morgan fingerprint density at radius 2 is 1.88 bits per heavy atom. The van der Waals surface area contributed by atoms with Crippen molar-refractivity contribution in [2.45, 2.75) is 39.3 Å². The van der Waals surface area contributed by atoms with Gasteiger partial charge in [0, 0.05) is 58.1 Å². The number of likely N-dealkylation sites (tertiary alicyclic amines) is 1. The number of aromatic nitrogens is 2. The molecule has 0 N–H and O–H groups in total. The summed E-state index contributed by atoms with van der Waals surface area (Å²) in [5.74, 6) is 0.841. The molecule has 2 aliphatic heterocycles. The molecular formula is C18H31N5O. The molecule has 3 heterocycles. The molecule has 6 nitrogen and oxygen atoms in total. The summed E-state index contributed by atoms with van der Waals surface area (Å²) in [6.07, 6.45) is 3.94. The number of rotatable bonds is 4. The topological polar surface area (TPSA) is 44.6 Å². The summed E-state index contributed by atoms with van der Waals surface area (Å²) in [5, 5.41) is 4.22. The third kappa shape index (κ3) is 3.64. The Hall–Kier alpha value is -1.40. The van der Waals surface area contributed by atoms with Gasteiger partial charge in [0.2, 0.25) is 0 Å². The van der Waals surface area contributed by atoms with Gasteiger partial charge in [-0.2, -0.15) is 5.10 Å². The van der Waals surface area contributed by atoms with Gasteiger partial charge in [-0.3, -0.25) is 14.4 Å². The number of carbonyl (C=O) groups excluding carboxylic acids is 1. The van der Waals surface area contributed by atoms with E-state index in [1.165, 1.54) is 26.2 Å². The lowest BCUT2D eigenvalue weighted by Gasteiger charge is -2.42. The first-order valence-corrected chi connectivity index (χ1v) is 9.33. The molecule has 6 heteroatoms. The maximum absolute atomic E-state index is 12.7. The molecule has 0 aliphatic carbocycles. The van der Waals surface area contributed by atoms with Crippen LogP contribution < -0.4 is 0 Å². The molecule has 0 unspecified atom stereocenters. The van der Waals surface area contributed by atoms with E-state index in [1.807, 2.05) is 17.9 Å². The zero-order valence-corrected chi connectivity index (χ0v) is 15.3. The van der Waals surface area contributed by atoms with Gasteiger partial charge in [0.1, 0.15) is 5.69 Å². The number of piperidine rings is 1. The first kappa shape index (κ1) is 17.4. The van der Waals surface area contributed by atoms with E-state index < -0.39 is 0 Å². The molecule has 2 aliphatic rings. The number of aryl methyl sites for hydroxylation is 1. The van der Waals surface area contributed by atoms with Crippen molar-refractivity contribution >= 4 is 5.91 Å². The van der Waals surface area contributed by atoms with Crippen LogP contribution >= 0.6 is 0 Å². The fourth-order valence-electron chi connectivity index (χ4n) is 4.04. The number of nitrogens with zero attached hydrogens (tertiary/aromatic N) is 5. The Morgan fingerprint density at radius 3 is 2.50 bits per heavy atom. The van der Waals surface area contributed by atoms with Gasteiger partial charge in [0.05, 0.1) is 0 Å². The second-order valence-corrected chi connectivity index (χ2v) is 7.24. The highest BCUT2D eigenvalue weighted by Crippen LogP contribution is 2.25. The minimum absolute atomic E-state index is 0.139. The minimum atomic E-state index is 0.139. The van der Waals surface area contributed by atoms with Crippen LogP contribution in [0.2, 0.25) is 0 Å². The number of piperazine rings is 1. The van der Waals surface area contributed by atoms with Crippen molar-refractivity contribution in [3.63, 3.8) is 0 Å². The van der Waals surface area contributed by atoms with Crippen LogP contribution in [-0.4, -0.2) is 82.7 Å². The Kier molecular flexibility index (Phi) is 5.56. The summed E-state index contributed by atoms with van der Waals surface area (Å²) in [7, 11) is 2.20. The molecule has 0 spiro atoms. The molecular weight excluding hydrogens is 302 g/mol. The zero-order valence-electron chi connectivity index (χ0n) is 15.3. The van der Waals surface area contributed by atoms with Gasteiger partial charge < -0.3 is 9.80 Å². The molecule has 0 aromatic carbocycles. The standard InChI is InChI=1S/C18H31N5O/c1-4-23-17(5-8-19-23)18(24)22-9-6-16(7-10-22)15(2)21-13-11-20(3)12-14-21/h5,8,15-16H,4,6-7,9-14H2,1-3H3/t15-/m1/s1. The lowest BCUT2D eigenvalue weighted by atomic mass is 9.89. The third-order valence-corrected chi connectivity index (χ3v) is 5.86. The van der Waals surface area contributed by atoms with Crippen LogP contribution in [0.1, 0.15) is 37.2 Å². The van der Waals surface area contributed by atoms with E-state index in [4.69, 9.17) is 0 Å². The zero-order chi connectivity index (χ0) is 17.1. The number of amides is 1. The Labute approximate surface area is 145 Å². The number of hydrogen-bond acceptors (Lipinski definition) is 4. The summed E-state index contributed by atoms with van der Waals surface area (Å²) in [4.78, 5) is 19.8. The molecule has 3 rings (SSSR count). The first-order valence-electron chi connectivity index (χ1n) is 9.33. The van der Waals surface area contributed by atoms with E-state index in [0.717, 1.165) is 38.2 Å². The lowest BCUT2D eigenvalue weighted by Crippen LogP contribution is -2.52. The van der Waals surface area contributed by atoms with Crippen molar-refractivity contribution in [1.82, 2.24) is 24.5 Å². The quantitative estimate of drug-likeness (QED) is 0.835. The maximum atomic E-state index is 12.7. The monoisotopic (exact) mass is 333 g/mol. The van der Waals surface area contributed by atoms with Crippen LogP contribution in [-0.2, 0) is 6.54 Å². The molecule has 1 aromatic heterocycles. The maximum Gasteiger partial charge on any atom is 0.272 e. The molecule has 0 bridgehead atoms. The fourth-order valence-corrected chi connectivity index (χ4v) is 4.04. The highest BCUT2D eigenvalue weighted by Gasteiger charge is 2.31. The third-order valence-electron chi connectivity index (χ3n) is 5.86. The van der Waals surface area contributed by atoms with Gasteiger partial charge in [0.25, 0.3) is 5.91 Å². The van der Waals surface area contributed by atoms with Gasteiger partial charge in [-0.25, -0.2) is 0 Å². The second kappa shape index (κ2) is 7.66. The second-order valence-electron chi connectivity index (χ2n) is 7.24. The van der Waals surface area contributed by atoms with Crippen molar-refractivity contribution in [3.05, 3.63) is 18.0 Å². The molecule has 2 fully saturated rings. The Bertz CT molecular complexity index is 541. The highest BCUT2D eigenvalue weighted by atomic mass is 16.2. The summed E-state index contributed by atoms with van der Waals surface area (Å²) in [6.45, 7) is 11.6. The molecule has 0 saturated carbocycles. The van der Waals surface area contributed by atoms with Crippen LogP contribution in [0.4, 0.5) is 0 Å². The van der Waals surface area contributed by atoms with Gasteiger partial charge >= 0.3 is 0 Å². The first-order chi connectivity index (χ1) is 11.6. The van der Waals surface area contributed by atoms with E-state index in [9.17, 15) is 4.79 Å². The fraction of sp³-hybridized carbons (Fsp3) is 0.778. The molecule has 24 heavy (non-hydrogen) atoms. The van der Waals surface area contributed by atoms with Crippen molar-refractivity contribution in [2.24, 2.45) is 5.92 Å². The van der Waals surface area contributed by atoms with Crippen LogP contribution in [0.15, 0.2) is 12.3 Å². The summed E-state index contributed by atoms with van der Waals surface area (Å²) < 4.78 is 1.79. The molecule has 0 radical (unpaired) electrons. The highest BCUT2D eigenvalue weighted by molar-refractivity contribution is 5.92. The van der Waals surface area contributed by atoms with Crippen molar-refractivity contribution in [2.75, 3.05) is 46.3 Å². The predicted molar refractivity (Wildman–Crippen MR) is 95.1 cm³/mol. The molecule has 134 valence electrons. The summed E-state index contributed by atoms with van der Waals surface area (Å²) in [5.41, 5.74) is 0.725. The van der Waals surface area contributed by atoms with E-state index in [2.05, 4.69) is 28.9 Å². The van der Waals surface area contributed by atoms with Crippen LogP contribution in [0.5, 0.6) is 0 Å². The SMILES string of the molecule is CCn1nccc1C(=O)N1CCC([C@@H](C)N2CCN(C)CC2)CC1. The van der Waals surface area contributed by atoms with E-state index in [0.29, 0.717) is 12.0 Å². The van der Waals surface area contributed by atoms with Gasteiger partial charge in [-0.15, -0.1) is 0 Å². The smallest absolute Gasteiger partial charge is 0.272 e. The van der Waals surface area contributed by atoms with Crippen molar-refractivity contribution in [3.8, 4) is 0 Å². The predicted octanol–water partition coefficient (Wildman–Crippen LogP) is 1.39. The number of likely N-dealkylation sites (N-methyl/N-ethyl adjacent to an activating group) is 1. The lowest BCUT2D eigenvalue weighted by molar-refractivity contribution is 0.0493. The average molecular weight is 333 g/mol. The molecule has 1 amide bonds. The number of hydrogen-bond donors (Lipinski definition) is 0. The van der Waals surface area contributed by atoms with Crippen LogP contribution in [0.25, 0.3) is 0 Å². The van der Waals surface area contributed by atoms with Crippen LogP contribution in [0.3, 0.4) is 0 Å². The summed E-state index contributed by atoms with van der Waals surface area (Å²) in [6, 6.07) is 2.46. The Morgan fingerprint density at radius 1 is 1.21 bits per heavy atom. The molecule has 1 aromatic rings. The minimum Gasteiger partial charge on any atom is -0.337 e. The average Bonchev–Trinajstić information content (AvgIpc) is 3.10. The summed E-state index contributed by atoms with van der Waals surface area (Å²) >= 11 is 0. The number of carbonyl (C=O) groups is 1. The van der Waals surface area contributed by atoms with Crippen LogP contribution in [0, 0.1) is 5.92 Å². The van der Waals surface area contributed by atoms with E-state index >= 15 is 0 Å².